The molecule has 3 aliphatic carbocycles. The molecule has 0 amide bonds. The SMILES string of the molecule is CC(C)c1nc(-c2ccccc2)nc(-c2ccc3c(c2)-c2ccccc2C3(C)C)n1.CC(C)c1nc(-c2ccccc2)nc(-c2ccc3c(c2)-c2ccccc2C3)n1.CC(C)c1nc(-c2ccccc2)nc(-c2ccc3c(c2)sc2ccccc23)n1.CC(C)c1nc(-c2ccccc2)nc(-c2cccc3c2-c2ccccc2C3(C)C)n1.CC(C)c1nc(-c2ccccc2)nc(-c2cccc3c2sc2ccccc23)n1. The van der Waals surface area contributed by atoms with Gasteiger partial charge < -0.3 is 0 Å². The third-order valence-electron chi connectivity index (χ3n) is 27.0. The van der Waals surface area contributed by atoms with Crippen LogP contribution in [-0.4, -0.2) is 74.8 Å². The van der Waals surface area contributed by atoms with E-state index in [0.29, 0.717) is 0 Å². The minimum absolute atomic E-state index is 0.00183. The zero-order valence-corrected chi connectivity index (χ0v) is 84.9. The molecule has 144 heavy (non-hydrogen) atoms. The molecule has 7 heterocycles. The lowest BCUT2D eigenvalue weighted by molar-refractivity contribution is 0.660. The minimum Gasteiger partial charge on any atom is -0.213 e. The largest absolute Gasteiger partial charge is 0.213 e. The Labute approximate surface area is 849 Å². The van der Waals surface area contributed by atoms with Crippen LogP contribution in [-0.2, 0) is 17.3 Å². The molecule has 0 fully saturated rings. The van der Waals surface area contributed by atoms with Crippen molar-refractivity contribution in [3.8, 4) is 147 Å². The van der Waals surface area contributed by atoms with E-state index in [1.165, 1.54) is 107 Å². The van der Waals surface area contributed by atoms with Gasteiger partial charge in [0.25, 0.3) is 0 Å². The third-order valence-corrected chi connectivity index (χ3v) is 29.4. The van der Waals surface area contributed by atoms with Crippen molar-refractivity contribution < 1.29 is 0 Å². The van der Waals surface area contributed by atoms with Gasteiger partial charge in [-0.1, -0.05) is 425 Å². The standard InChI is InChI=1S/2C27H25N3.C25H21N3.2C24H19N3S/c1-17(2)24-28-25(18-11-6-5-7-12-18)30-26(29-24)20-14-10-16-22-23(20)19-13-8-9-15-21(19)27(22,3)4;1-17(2)24-28-25(18-10-6-5-7-11-18)30-26(29-24)19-14-15-23-21(16-19)20-12-8-9-13-22(20)27(23,3)4;1-16(2)23-26-24(17-8-4-3-5-9-17)28-25(27-23)20-13-12-19-14-18-10-6-7-11-21(18)22(19)15-20;1-15(2)22-25-23(16-9-4-3-5-10-16)27-24(26-22)19-13-8-12-18-17-11-6-7-14-20(17)28-21(18)19;1-15(2)22-25-23(16-8-4-3-5-9-16)27-24(26-22)17-12-13-19-18-10-6-7-11-20(18)28-21(19)14-17/h2*5-17H,1-4H3;3-13,15-16H,14H2,1-2H3;2*3-15H,1-2H3. The van der Waals surface area contributed by atoms with Crippen LogP contribution in [0.5, 0.6) is 0 Å². The molecule has 0 saturated heterocycles. The van der Waals surface area contributed by atoms with E-state index in [0.717, 1.165) is 149 Å². The van der Waals surface area contributed by atoms with Crippen LogP contribution in [0.15, 0.2) is 364 Å². The second-order valence-corrected chi connectivity index (χ2v) is 41.6. The zero-order chi connectivity index (χ0) is 99.0. The first-order chi connectivity index (χ1) is 70.0. The first-order valence-corrected chi connectivity index (χ1v) is 51.2. The van der Waals surface area contributed by atoms with Crippen LogP contribution < -0.4 is 0 Å². The predicted molar refractivity (Wildman–Crippen MR) is 593 cm³/mol. The van der Waals surface area contributed by atoms with Crippen LogP contribution >= 0.6 is 22.7 Å². The van der Waals surface area contributed by atoms with E-state index in [1.807, 2.05) is 151 Å². The molecule has 0 aliphatic heterocycles. The van der Waals surface area contributed by atoms with Crippen molar-refractivity contribution >= 4 is 63.0 Å². The lowest BCUT2D eigenvalue weighted by Gasteiger charge is -2.21. The third kappa shape index (κ3) is 18.9. The van der Waals surface area contributed by atoms with Crippen molar-refractivity contribution in [3.05, 3.63) is 426 Å². The molecule has 25 rings (SSSR count). The zero-order valence-electron chi connectivity index (χ0n) is 83.3. The first-order valence-electron chi connectivity index (χ1n) is 49.6. The maximum atomic E-state index is 4.93. The Morgan fingerprint density at radius 3 is 0.972 bits per heavy atom. The van der Waals surface area contributed by atoms with E-state index in [2.05, 4.69) is 321 Å². The highest BCUT2D eigenvalue weighted by molar-refractivity contribution is 7.26. The molecule has 0 spiro atoms. The topological polar surface area (TPSA) is 193 Å². The Morgan fingerprint density at radius 2 is 0.493 bits per heavy atom. The molecule has 0 radical (unpaired) electrons. The van der Waals surface area contributed by atoms with Crippen molar-refractivity contribution in [2.24, 2.45) is 0 Å². The highest BCUT2D eigenvalue weighted by Gasteiger charge is 2.39. The van der Waals surface area contributed by atoms with E-state index < -0.39 is 0 Å². The van der Waals surface area contributed by atoms with E-state index in [4.69, 9.17) is 74.8 Å². The average Bonchev–Trinajstić information content (AvgIpc) is 1.57. The molecule has 704 valence electrons. The lowest BCUT2D eigenvalue weighted by Crippen LogP contribution is -2.14. The van der Waals surface area contributed by atoms with E-state index in [1.54, 1.807) is 11.3 Å². The summed E-state index contributed by atoms with van der Waals surface area (Å²) in [6.07, 6.45) is 0.996. The molecule has 0 bridgehead atoms. The van der Waals surface area contributed by atoms with Gasteiger partial charge in [-0.05, 0) is 110 Å². The Morgan fingerprint density at radius 1 is 0.194 bits per heavy atom. The number of fused-ring (bicyclic) bond motifs is 15. The Bertz CT molecular complexity index is 8530. The number of nitrogens with zero attached hydrogens (tertiary/aromatic N) is 15. The Balaban J connectivity index is 0.000000106. The molecule has 0 unspecified atom stereocenters. The van der Waals surface area contributed by atoms with Crippen LogP contribution in [0.25, 0.3) is 188 Å². The molecule has 7 aromatic heterocycles. The van der Waals surface area contributed by atoms with Crippen LogP contribution in [0.4, 0.5) is 0 Å². The van der Waals surface area contributed by atoms with Crippen LogP contribution in [0.3, 0.4) is 0 Å². The summed E-state index contributed by atoms with van der Waals surface area (Å²) in [6.45, 7) is 30.4. The number of hydrogen-bond donors (Lipinski definition) is 0. The predicted octanol–water partition coefficient (Wildman–Crippen LogP) is 32.6. The molecule has 15 nitrogen and oxygen atoms in total. The number of aromatic nitrogens is 15. The van der Waals surface area contributed by atoms with Crippen molar-refractivity contribution in [1.29, 1.82) is 0 Å². The highest BCUT2D eigenvalue weighted by Crippen LogP contribution is 2.54. The van der Waals surface area contributed by atoms with Crippen molar-refractivity contribution in [1.82, 2.24) is 74.8 Å². The molecular formula is C127H109N15S2. The minimum atomic E-state index is -0.0435. The van der Waals surface area contributed by atoms with Gasteiger partial charge in [0, 0.05) is 136 Å². The molecule has 22 aromatic rings. The molecule has 3 aliphatic rings. The normalized spacial score (nSPS) is 12.6. The molecule has 0 saturated carbocycles. The van der Waals surface area contributed by atoms with Gasteiger partial charge in [-0.2, -0.15) is 0 Å². The van der Waals surface area contributed by atoms with Crippen LogP contribution in [0.1, 0.15) is 189 Å². The summed E-state index contributed by atoms with van der Waals surface area (Å²) in [5.74, 6) is 12.6. The summed E-state index contributed by atoms with van der Waals surface area (Å²) >= 11 is 3.61. The number of hydrogen-bond acceptors (Lipinski definition) is 17. The van der Waals surface area contributed by atoms with Crippen molar-refractivity contribution in [2.45, 2.75) is 144 Å². The Kier molecular flexibility index (Phi) is 26.2. The van der Waals surface area contributed by atoms with Crippen LogP contribution in [0, 0.1) is 0 Å². The molecule has 17 heteroatoms. The Hall–Kier alpha value is -16.2. The van der Waals surface area contributed by atoms with Gasteiger partial charge in [0.2, 0.25) is 0 Å². The quantitative estimate of drug-likeness (QED) is 0.0940. The number of benzene rings is 15. The fourth-order valence-corrected chi connectivity index (χ4v) is 21.7. The van der Waals surface area contributed by atoms with Gasteiger partial charge in [0.1, 0.15) is 29.1 Å². The second-order valence-electron chi connectivity index (χ2n) is 39.4. The molecule has 15 aromatic carbocycles. The average molecular weight is 1910 g/mol. The highest BCUT2D eigenvalue weighted by atomic mass is 32.1. The first kappa shape index (κ1) is 94.1. The summed E-state index contributed by atoms with van der Waals surface area (Å²) in [5, 5.41) is 5.12. The van der Waals surface area contributed by atoms with E-state index >= 15 is 0 Å². The second kappa shape index (κ2) is 40.1. The van der Waals surface area contributed by atoms with E-state index in [-0.39, 0.29) is 40.4 Å². The van der Waals surface area contributed by atoms with Gasteiger partial charge in [0.15, 0.2) is 58.2 Å². The molecule has 0 atom stereocenters. The summed E-state index contributed by atoms with van der Waals surface area (Å²) in [4.78, 5) is 72.0. The summed E-state index contributed by atoms with van der Waals surface area (Å²) in [7, 11) is 0. The van der Waals surface area contributed by atoms with Gasteiger partial charge in [-0.25, -0.2) is 74.8 Å². The summed E-state index contributed by atoms with van der Waals surface area (Å²) in [6, 6.07) is 126. The monoisotopic (exact) mass is 1910 g/mol. The van der Waals surface area contributed by atoms with Crippen molar-refractivity contribution in [3.63, 3.8) is 0 Å². The van der Waals surface area contributed by atoms with Gasteiger partial charge >= 0.3 is 0 Å². The van der Waals surface area contributed by atoms with Gasteiger partial charge in [-0.15, -0.1) is 22.7 Å². The lowest BCUT2D eigenvalue weighted by atomic mass is 9.82. The van der Waals surface area contributed by atoms with Gasteiger partial charge in [-0.3, -0.25) is 0 Å². The van der Waals surface area contributed by atoms with Gasteiger partial charge in [0.05, 0.1) is 0 Å². The number of thiophene rings is 2. The molecular weight excluding hydrogens is 1800 g/mol. The van der Waals surface area contributed by atoms with Crippen molar-refractivity contribution in [2.75, 3.05) is 0 Å². The maximum absolute atomic E-state index is 4.93. The van der Waals surface area contributed by atoms with Crippen LogP contribution in [0.2, 0.25) is 0 Å². The van der Waals surface area contributed by atoms with E-state index in [9.17, 15) is 0 Å². The summed E-state index contributed by atoms with van der Waals surface area (Å²) < 4.78 is 5.07. The summed E-state index contributed by atoms with van der Waals surface area (Å²) in [5.41, 5.74) is 26.1. The fourth-order valence-electron chi connectivity index (χ4n) is 19.3. The maximum Gasteiger partial charge on any atom is 0.165 e. The smallest absolute Gasteiger partial charge is 0.165 e. The fraction of sp³-hybridized carbons (Fsp3) is 0.173. The molecule has 0 N–H and O–H groups in total. The number of rotatable bonds is 15.